The lowest BCUT2D eigenvalue weighted by atomic mass is 10.1. The van der Waals surface area contributed by atoms with Gasteiger partial charge in [-0.3, -0.25) is 4.79 Å². The number of pyridine rings is 1. The molecule has 2 aromatic heterocycles. The number of rotatable bonds is 5. The number of amides is 1. The highest BCUT2D eigenvalue weighted by Crippen LogP contribution is 2.24. The minimum absolute atomic E-state index is 0.148. The molecule has 0 saturated carbocycles. The van der Waals surface area contributed by atoms with Gasteiger partial charge in [-0.15, -0.1) is 0 Å². The van der Waals surface area contributed by atoms with E-state index in [1.807, 2.05) is 0 Å². The van der Waals surface area contributed by atoms with Crippen molar-refractivity contribution >= 4 is 29.2 Å². The van der Waals surface area contributed by atoms with Gasteiger partial charge in [0.2, 0.25) is 0 Å². The van der Waals surface area contributed by atoms with Crippen LogP contribution in [0.2, 0.25) is 5.15 Å². The topological polar surface area (TPSA) is 104 Å². The summed E-state index contributed by atoms with van der Waals surface area (Å²) < 4.78 is 5.00. The Morgan fingerprint density at radius 2 is 2.17 bits per heavy atom. The van der Waals surface area contributed by atoms with Crippen molar-refractivity contribution in [3.8, 4) is 0 Å². The molecule has 0 saturated heterocycles. The van der Waals surface area contributed by atoms with Gasteiger partial charge in [0.1, 0.15) is 5.69 Å². The molecule has 1 amide bonds. The fourth-order valence-corrected chi connectivity index (χ4v) is 2.63. The summed E-state index contributed by atoms with van der Waals surface area (Å²) >= 11 is 5.84. The second-order valence-electron chi connectivity index (χ2n) is 5.31. The molecule has 0 spiro atoms. The summed E-state index contributed by atoms with van der Waals surface area (Å²) in [6.45, 7) is 4.61. The van der Waals surface area contributed by atoms with Crippen LogP contribution in [0.15, 0.2) is 18.3 Å². The van der Waals surface area contributed by atoms with Crippen molar-refractivity contribution in [3.05, 3.63) is 46.0 Å². The smallest absolute Gasteiger partial charge is 0.355 e. The molecule has 0 aliphatic heterocycles. The van der Waals surface area contributed by atoms with E-state index < -0.39 is 24.6 Å². The molecule has 0 aliphatic rings. The molecule has 1 atom stereocenters. The van der Waals surface area contributed by atoms with Crippen LogP contribution in [0, 0.1) is 13.8 Å². The summed E-state index contributed by atoms with van der Waals surface area (Å²) in [6.07, 6.45) is 0.785. The van der Waals surface area contributed by atoms with E-state index in [-0.39, 0.29) is 10.8 Å². The standard InChI is InChI=1S/C16H18ClN3O4/c1-8-13(10(3)21)9(2)19-14(8)16(23)24-7-12(22)20-11-5-4-6-18-15(11)17/h4-6,10,19,21H,7H2,1-3H3,(H,20,22)/t10-/m1/s1. The molecular formula is C16H18ClN3O4. The first-order valence-corrected chi connectivity index (χ1v) is 7.63. The number of aromatic amines is 1. The quantitative estimate of drug-likeness (QED) is 0.567. The molecule has 128 valence electrons. The number of aryl methyl sites for hydroxylation is 1. The summed E-state index contributed by atoms with van der Waals surface area (Å²) in [6, 6.07) is 3.21. The minimum atomic E-state index is -0.709. The van der Waals surface area contributed by atoms with E-state index in [9.17, 15) is 14.7 Å². The lowest BCUT2D eigenvalue weighted by Crippen LogP contribution is -2.21. The Kier molecular flexibility index (Phi) is 5.58. The van der Waals surface area contributed by atoms with Crippen LogP contribution in [-0.2, 0) is 9.53 Å². The van der Waals surface area contributed by atoms with Gasteiger partial charge in [-0.2, -0.15) is 0 Å². The highest BCUT2D eigenvalue weighted by Gasteiger charge is 2.21. The number of ether oxygens (including phenoxy) is 1. The summed E-state index contributed by atoms with van der Waals surface area (Å²) in [7, 11) is 0. The summed E-state index contributed by atoms with van der Waals surface area (Å²) in [5, 5.41) is 12.4. The SMILES string of the molecule is Cc1[nH]c(C(=O)OCC(=O)Nc2cccnc2Cl)c(C)c1[C@@H](C)O. The van der Waals surface area contributed by atoms with Crippen LogP contribution in [0.4, 0.5) is 5.69 Å². The van der Waals surface area contributed by atoms with Crippen molar-refractivity contribution < 1.29 is 19.4 Å². The third-order valence-electron chi connectivity index (χ3n) is 3.48. The third-order valence-corrected chi connectivity index (χ3v) is 3.79. The van der Waals surface area contributed by atoms with Gasteiger partial charge in [-0.05, 0) is 38.5 Å². The zero-order chi connectivity index (χ0) is 17.9. The summed E-state index contributed by atoms with van der Waals surface area (Å²) in [4.78, 5) is 30.7. The van der Waals surface area contributed by atoms with Crippen molar-refractivity contribution in [2.45, 2.75) is 26.9 Å². The first-order valence-electron chi connectivity index (χ1n) is 7.25. The van der Waals surface area contributed by atoms with E-state index in [1.54, 1.807) is 32.9 Å². The first kappa shape index (κ1) is 18.0. The monoisotopic (exact) mass is 351 g/mol. The number of nitrogens with one attached hydrogen (secondary N) is 2. The second-order valence-corrected chi connectivity index (χ2v) is 5.66. The maximum Gasteiger partial charge on any atom is 0.355 e. The van der Waals surface area contributed by atoms with Crippen molar-refractivity contribution in [1.29, 1.82) is 0 Å². The van der Waals surface area contributed by atoms with Crippen LogP contribution in [0.5, 0.6) is 0 Å². The van der Waals surface area contributed by atoms with Gasteiger partial charge in [0.05, 0.1) is 11.8 Å². The van der Waals surface area contributed by atoms with Crippen LogP contribution in [-0.4, -0.2) is 33.6 Å². The fraction of sp³-hybridized carbons (Fsp3) is 0.312. The Morgan fingerprint density at radius 3 is 2.75 bits per heavy atom. The fourth-order valence-electron chi connectivity index (χ4n) is 2.46. The van der Waals surface area contributed by atoms with Crippen LogP contribution in [0.3, 0.4) is 0 Å². The molecule has 0 aliphatic carbocycles. The van der Waals surface area contributed by atoms with Crippen molar-refractivity contribution in [2.24, 2.45) is 0 Å². The van der Waals surface area contributed by atoms with E-state index in [2.05, 4.69) is 15.3 Å². The number of aliphatic hydroxyl groups excluding tert-OH is 1. The maximum atomic E-state index is 12.1. The van der Waals surface area contributed by atoms with Gasteiger partial charge in [0.15, 0.2) is 11.8 Å². The van der Waals surface area contributed by atoms with E-state index in [0.29, 0.717) is 22.5 Å². The van der Waals surface area contributed by atoms with Crippen LogP contribution in [0.25, 0.3) is 0 Å². The molecule has 0 radical (unpaired) electrons. The predicted octanol–water partition coefficient (Wildman–Crippen LogP) is 2.53. The van der Waals surface area contributed by atoms with Gasteiger partial charge < -0.3 is 20.1 Å². The summed E-state index contributed by atoms with van der Waals surface area (Å²) in [5.41, 5.74) is 2.48. The molecule has 0 aromatic carbocycles. The van der Waals surface area contributed by atoms with Gasteiger partial charge in [-0.25, -0.2) is 9.78 Å². The van der Waals surface area contributed by atoms with Gasteiger partial charge in [-0.1, -0.05) is 11.6 Å². The predicted molar refractivity (Wildman–Crippen MR) is 89.1 cm³/mol. The number of hydrogen-bond donors (Lipinski definition) is 3. The van der Waals surface area contributed by atoms with Crippen LogP contribution < -0.4 is 5.32 Å². The number of carbonyl (C=O) groups is 2. The zero-order valence-corrected chi connectivity index (χ0v) is 14.3. The summed E-state index contributed by atoms with van der Waals surface area (Å²) in [5.74, 6) is -1.20. The molecule has 3 N–H and O–H groups in total. The number of nitrogens with zero attached hydrogens (tertiary/aromatic N) is 1. The van der Waals surface area contributed by atoms with Gasteiger partial charge in [0.25, 0.3) is 5.91 Å². The number of carbonyl (C=O) groups excluding carboxylic acids is 2. The van der Waals surface area contributed by atoms with Crippen molar-refractivity contribution in [2.75, 3.05) is 11.9 Å². The Labute approximate surface area is 144 Å². The number of esters is 1. The van der Waals surface area contributed by atoms with E-state index in [4.69, 9.17) is 16.3 Å². The van der Waals surface area contributed by atoms with E-state index >= 15 is 0 Å². The number of anilines is 1. The Morgan fingerprint density at radius 1 is 1.46 bits per heavy atom. The number of aromatic nitrogens is 2. The van der Waals surface area contributed by atoms with Gasteiger partial charge >= 0.3 is 5.97 Å². The molecule has 2 aromatic rings. The Bertz CT molecular complexity index is 771. The normalized spacial score (nSPS) is 11.9. The van der Waals surface area contributed by atoms with Gasteiger partial charge in [0, 0.05) is 17.5 Å². The largest absolute Gasteiger partial charge is 0.451 e. The van der Waals surface area contributed by atoms with E-state index in [0.717, 1.165) is 0 Å². The maximum absolute atomic E-state index is 12.1. The molecule has 2 rings (SSSR count). The molecule has 0 fully saturated rings. The lowest BCUT2D eigenvalue weighted by molar-refractivity contribution is -0.119. The number of hydrogen-bond acceptors (Lipinski definition) is 5. The Hall–Kier alpha value is -2.38. The number of halogens is 1. The van der Waals surface area contributed by atoms with Crippen LogP contribution >= 0.6 is 11.6 Å². The molecule has 2 heterocycles. The molecule has 8 heteroatoms. The number of H-pyrrole nitrogens is 1. The van der Waals surface area contributed by atoms with Crippen molar-refractivity contribution in [1.82, 2.24) is 9.97 Å². The van der Waals surface area contributed by atoms with Crippen molar-refractivity contribution in [3.63, 3.8) is 0 Å². The molecule has 0 unspecified atom stereocenters. The molecular weight excluding hydrogens is 334 g/mol. The first-order chi connectivity index (χ1) is 11.3. The minimum Gasteiger partial charge on any atom is -0.451 e. The third kappa shape index (κ3) is 3.93. The van der Waals surface area contributed by atoms with Crippen LogP contribution in [0.1, 0.15) is 40.3 Å². The molecule has 7 nitrogen and oxygen atoms in total. The molecule has 0 bridgehead atoms. The zero-order valence-electron chi connectivity index (χ0n) is 13.5. The average Bonchev–Trinajstić information content (AvgIpc) is 2.82. The second kappa shape index (κ2) is 7.46. The molecule has 24 heavy (non-hydrogen) atoms. The highest BCUT2D eigenvalue weighted by atomic mass is 35.5. The lowest BCUT2D eigenvalue weighted by Gasteiger charge is -2.08. The Balaban J connectivity index is 2.00. The number of aliphatic hydroxyl groups is 1. The average molecular weight is 352 g/mol. The highest BCUT2D eigenvalue weighted by molar-refractivity contribution is 6.32. The van der Waals surface area contributed by atoms with E-state index in [1.165, 1.54) is 6.20 Å².